The molecule has 0 radical (unpaired) electrons. The molecule has 7 heteroatoms. The van der Waals surface area contributed by atoms with Crippen LogP contribution in [0.4, 0.5) is 8.78 Å². The molecule has 2 rings (SSSR count). The van der Waals surface area contributed by atoms with E-state index in [1.54, 1.807) is 38.4 Å². The van der Waals surface area contributed by atoms with Crippen LogP contribution in [0.25, 0.3) is 0 Å². The van der Waals surface area contributed by atoms with E-state index in [-0.39, 0.29) is 5.75 Å². The highest BCUT2D eigenvalue weighted by Gasteiger charge is 2.11. The molecular weight excluding hydrogens is 318 g/mol. The number of alkyl halides is 2. The fourth-order valence-corrected chi connectivity index (χ4v) is 2.11. The molecule has 24 heavy (non-hydrogen) atoms. The van der Waals surface area contributed by atoms with Gasteiger partial charge >= 0.3 is 6.61 Å². The summed E-state index contributed by atoms with van der Waals surface area (Å²) in [7, 11) is 1.57. The Balaban J connectivity index is 1.94. The highest BCUT2D eigenvalue weighted by atomic mass is 19.3. The van der Waals surface area contributed by atoms with E-state index in [9.17, 15) is 8.78 Å². The zero-order chi connectivity index (χ0) is 17.4. The van der Waals surface area contributed by atoms with E-state index in [1.807, 2.05) is 6.07 Å². The number of benzene rings is 1. The fourth-order valence-electron chi connectivity index (χ4n) is 2.11. The van der Waals surface area contributed by atoms with E-state index in [1.165, 1.54) is 6.07 Å². The Morgan fingerprint density at radius 3 is 2.46 bits per heavy atom. The third-order valence-corrected chi connectivity index (χ3v) is 3.19. The van der Waals surface area contributed by atoms with E-state index < -0.39 is 6.61 Å². The van der Waals surface area contributed by atoms with Crippen LogP contribution in [0.2, 0.25) is 0 Å². The van der Waals surface area contributed by atoms with Crippen molar-refractivity contribution in [2.45, 2.75) is 26.6 Å². The molecule has 1 N–H and O–H groups in total. The van der Waals surface area contributed by atoms with Gasteiger partial charge in [-0.15, -0.1) is 0 Å². The van der Waals surface area contributed by atoms with Gasteiger partial charge < -0.3 is 19.5 Å². The Bertz CT molecular complexity index is 636. The van der Waals surface area contributed by atoms with Gasteiger partial charge in [0.15, 0.2) is 11.5 Å². The first-order valence-corrected chi connectivity index (χ1v) is 7.52. The number of ether oxygens (including phenoxy) is 3. The molecule has 0 bridgehead atoms. The fraction of sp³-hybridized carbons (Fsp3) is 0.353. The Labute approximate surface area is 139 Å². The van der Waals surface area contributed by atoms with Gasteiger partial charge in [-0.3, -0.25) is 0 Å². The minimum absolute atomic E-state index is 0.0370. The number of pyridine rings is 1. The number of rotatable bonds is 9. The predicted molar refractivity (Wildman–Crippen MR) is 85.6 cm³/mol. The van der Waals surface area contributed by atoms with Crippen LogP contribution in [0.5, 0.6) is 17.4 Å². The van der Waals surface area contributed by atoms with Crippen molar-refractivity contribution in [1.82, 2.24) is 10.3 Å². The summed E-state index contributed by atoms with van der Waals surface area (Å²) in [5, 5.41) is 3.26. The number of hydrogen-bond donors (Lipinski definition) is 1. The van der Waals surface area contributed by atoms with Crippen molar-refractivity contribution in [3.63, 3.8) is 0 Å². The molecule has 1 aromatic carbocycles. The maximum absolute atomic E-state index is 12.4. The molecule has 1 aromatic heterocycles. The van der Waals surface area contributed by atoms with Crippen molar-refractivity contribution < 1.29 is 23.0 Å². The molecule has 0 aliphatic rings. The molecule has 0 unspecified atom stereocenters. The second-order valence-electron chi connectivity index (χ2n) is 4.90. The van der Waals surface area contributed by atoms with Crippen molar-refractivity contribution >= 4 is 0 Å². The number of halogens is 2. The number of hydrogen-bond acceptors (Lipinski definition) is 5. The minimum Gasteiger partial charge on any atom is -0.490 e. The lowest BCUT2D eigenvalue weighted by atomic mass is 10.2. The second-order valence-corrected chi connectivity index (χ2v) is 4.90. The van der Waals surface area contributed by atoms with Gasteiger partial charge in [-0.05, 0) is 30.2 Å². The van der Waals surface area contributed by atoms with Gasteiger partial charge in [0.05, 0.1) is 13.7 Å². The summed E-state index contributed by atoms with van der Waals surface area (Å²) in [6, 6.07) is 8.62. The predicted octanol–water partition coefficient (Wildman–Crippen LogP) is 3.38. The zero-order valence-corrected chi connectivity index (χ0v) is 13.6. The standard InChI is InChI=1S/C17H20F2N2O3/c1-3-23-15-8-12(4-6-14(15)24-17(18)19)9-20-10-13-5-7-16(22-2)21-11-13/h4-8,11,17,20H,3,9-10H2,1-2H3. The van der Waals surface area contributed by atoms with Crippen LogP contribution in [0, 0.1) is 0 Å². The van der Waals surface area contributed by atoms with Crippen molar-refractivity contribution in [3.05, 3.63) is 47.7 Å². The molecule has 0 amide bonds. The van der Waals surface area contributed by atoms with Crippen molar-refractivity contribution in [2.24, 2.45) is 0 Å². The van der Waals surface area contributed by atoms with Crippen molar-refractivity contribution in [3.8, 4) is 17.4 Å². The summed E-state index contributed by atoms with van der Waals surface area (Å²) < 4.78 is 39.6. The first-order chi connectivity index (χ1) is 11.6. The van der Waals surface area contributed by atoms with Gasteiger partial charge in [-0.25, -0.2) is 4.98 Å². The van der Waals surface area contributed by atoms with Gasteiger partial charge in [0.25, 0.3) is 0 Å². The third kappa shape index (κ3) is 5.34. The largest absolute Gasteiger partial charge is 0.490 e. The van der Waals surface area contributed by atoms with Gasteiger partial charge in [-0.2, -0.15) is 8.78 Å². The van der Waals surface area contributed by atoms with Gasteiger partial charge in [0, 0.05) is 25.4 Å². The average Bonchev–Trinajstić information content (AvgIpc) is 2.57. The van der Waals surface area contributed by atoms with Crippen LogP contribution in [0.3, 0.4) is 0 Å². The first-order valence-electron chi connectivity index (χ1n) is 7.52. The number of nitrogens with zero attached hydrogens (tertiary/aromatic N) is 1. The van der Waals surface area contributed by atoms with Crippen LogP contribution in [0.15, 0.2) is 36.5 Å². The van der Waals surface area contributed by atoms with Crippen LogP contribution >= 0.6 is 0 Å². The summed E-state index contributed by atoms with van der Waals surface area (Å²) in [4.78, 5) is 4.13. The van der Waals surface area contributed by atoms with Crippen LogP contribution < -0.4 is 19.5 Å². The molecule has 2 aromatic rings. The van der Waals surface area contributed by atoms with Crippen molar-refractivity contribution in [2.75, 3.05) is 13.7 Å². The van der Waals surface area contributed by atoms with Crippen LogP contribution in [-0.4, -0.2) is 25.3 Å². The first kappa shape index (κ1) is 17.9. The van der Waals surface area contributed by atoms with Crippen LogP contribution in [-0.2, 0) is 13.1 Å². The summed E-state index contributed by atoms with van der Waals surface area (Å²) in [6.07, 6.45) is 1.73. The SMILES string of the molecule is CCOc1cc(CNCc2ccc(OC)nc2)ccc1OC(F)F. The lowest BCUT2D eigenvalue weighted by molar-refractivity contribution is -0.0514. The molecule has 0 spiro atoms. The topological polar surface area (TPSA) is 52.6 Å². The minimum atomic E-state index is -2.88. The molecule has 5 nitrogen and oxygen atoms in total. The maximum atomic E-state index is 12.4. The molecule has 0 saturated carbocycles. The quantitative estimate of drug-likeness (QED) is 0.760. The number of nitrogens with one attached hydrogen (secondary N) is 1. The molecular formula is C17H20F2N2O3. The van der Waals surface area contributed by atoms with E-state index in [2.05, 4.69) is 15.0 Å². The van der Waals surface area contributed by atoms with Crippen molar-refractivity contribution in [1.29, 1.82) is 0 Å². The Hall–Kier alpha value is -2.41. The maximum Gasteiger partial charge on any atom is 0.387 e. The Kier molecular flexibility index (Phi) is 6.74. The molecule has 1 heterocycles. The molecule has 0 atom stereocenters. The van der Waals surface area contributed by atoms with E-state index in [0.717, 1.165) is 11.1 Å². The zero-order valence-electron chi connectivity index (χ0n) is 13.6. The van der Waals surface area contributed by atoms with Gasteiger partial charge in [-0.1, -0.05) is 12.1 Å². The second kappa shape index (κ2) is 9.02. The van der Waals surface area contributed by atoms with E-state index >= 15 is 0 Å². The van der Waals surface area contributed by atoms with E-state index in [4.69, 9.17) is 9.47 Å². The monoisotopic (exact) mass is 338 g/mol. The van der Waals surface area contributed by atoms with E-state index in [0.29, 0.717) is 31.3 Å². The molecule has 0 fully saturated rings. The Morgan fingerprint density at radius 1 is 1.08 bits per heavy atom. The highest BCUT2D eigenvalue weighted by Crippen LogP contribution is 2.29. The van der Waals surface area contributed by atoms with Gasteiger partial charge in [0.1, 0.15) is 0 Å². The smallest absolute Gasteiger partial charge is 0.387 e. The third-order valence-electron chi connectivity index (χ3n) is 3.19. The summed E-state index contributed by atoms with van der Waals surface area (Å²) >= 11 is 0. The molecule has 0 aliphatic carbocycles. The van der Waals surface area contributed by atoms with Crippen LogP contribution in [0.1, 0.15) is 18.1 Å². The lowest BCUT2D eigenvalue weighted by Crippen LogP contribution is -2.13. The summed E-state index contributed by atoms with van der Waals surface area (Å²) in [5.41, 5.74) is 1.92. The average molecular weight is 338 g/mol. The van der Waals surface area contributed by atoms with Gasteiger partial charge in [0.2, 0.25) is 5.88 Å². The molecule has 130 valence electrons. The number of methoxy groups -OCH3 is 1. The Morgan fingerprint density at radius 2 is 1.83 bits per heavy atom. The normalized spacial score (nSPS) is 10.7. The molecule has 0 aliphatic heterocycles. The summed E-state index contributed by atoms with van der Waals surface area (Å²) in [5.74, 6) is 0.910. The lowest BCUT2D eigenvalue weighted by Gasteiger charge is -2.13. The molecule has 0 saturated heterocycles. The number of aromatic nitrogens is 1. The summed E-state index contributed by atoms with van der Waals surface area (Å²) in [6.45, 7) is 0.453. The highest BCUT2D eigenvalue weighted by molar-refractivity contribution is 5.43.